The number of anilines is 1. The second kappa shape index (κ2) is 7.85. The summed E-state index contributed by atoms with van der Waals surface area (Å²) >= 11 is 0. The number of rotatable bonds is 4. The first-order chi connectivity index (χ1) is 12.2. The van der Waals surface area contributed by atoms with Crippen molar-refractivity contribution >= 4 is 29.8 Å². The van der Waals surface area contributed by atoms with Crippen molar-refractivity contribution in [2.24, 2.45) is 0 Å². The van der Waals surface area contributed by atoms with E-state index in [4.69, 9.17) is 9.47 Å². The van der Waals surface area contributed by atoms with Gasteiger partial charge in [-0.25, -0.2) is 19.3 Å². The van der Waals surface area contributed by atoms with E-state index in [1.807, 2.05) is 0 Å². The van der Waals surface area contributed by atoms with E-state index in [0.717, 1.165) is 4.90 Å². The second-order valence-electron chi connectivity index (χ2n) is 6.44. The SMILES string of the molecule is CC(C)(C)OC(=O)Nc1ccc(C(=O)OCC(=O)N2CCOC2=O)cc1. The Morgan fingerprint density at radius 1 is 1.19 bits per heavy atom. The van der Waals surface area contributed by atoms with Crippen LogP contribution in [0.3, 0.4) is 0 Å². The topological polar surface area (TPSA) is 111 Å². The summed E-state index contributed by atoms with van der Waals surface area (Å²) in [5.74, 6) is -1.38. The summed E-state index contributed by atoms with van der Waals surface area (Å²) in [5, 5.41) is 2.53. The molecule has 0 saturated carbocycles. The fourth-order valence-corrected chi connectivity index (χ4v) is 2.02. The van der Waals surface area contributed by atoms with Gasteiger partial charge in [0, 0.05) is 5.69 Å². The van der Waals surface area contributed by atoms with E-state index in [1.165, 1.54) is 24.3 Å². The van der Waals surface area contributed by atoms with Crippen molar-refractivity contribution < 1.29 is 33.4 Å². The van der Waals surface area contributed by atoms with Gasteiger partial charge in [0.05, 0.1) is 12.1 Å². The van der Waals surface area contributed by atoms with Crippen molar-refractivity contribution in [3.63, 3.8) is 0 Å². The standard InChI is InChI=1S/C17H20N2O7/c1-17(2,3)26-15(22)18-12-6-4-11(5-7-12)14(21)25-10-13(20)19-8-9-24-16(19)23/h4-7H,8-10H2,1-3H3,(H,18,22). The van der Waals surface area contributed by atoms with Crippen LogP contribution in [0.5, 0.6) is 0 Å². The quantitative estimate of drug-likeness (QED) is 0.644. The normalized spacial score (nSPS) is 13.8. The minimum atomic E-state index is -0.747. The molecule has 0 radical (unpaired) electrons. The number of carbonyl (C=O) groups is 4. The second-order valence-corrected chi connectivity index (χ2v) is 6.44. The molecule has 9 nitrogen and oxygen atoms in total. The molecule has 140 valence electrons. The van der Waals surface area contributed by atoms with Gasteiger partial charge >= 0.3 is 18.2 Å². The zero-order valence-electron chi connectivity index (χ0n) is 14.7. The maximum absolute atomic E-state index is 11.9. The average molecular weight is 364 g/mol. The molecule has 1 aliphatic rings. The van der Waals surface area contributed by atoms with Crippen molar-refractivity contribution in [2.45, 2.75) is 26.4 Å². The number of nitrogens with zero attached hydrogens (tertiary/aromatic N) is 1. The van der Waals surface area contributed by atoms with Gasteiger partial charge in [-0.05, 0) is 45.0 Å². The van der Waals surface area contributed by atoms with Crippen molar-refractivity contribution in [3.8, 4) is 0 Å². The Morgan fingerprint density at radius 3 is 2.38 bits per heavy atom. The van der Waals surface area contributed by atoms with Crippen LogP contribution in [-0.4, -0.2) is 54.3 Å². The first-order valence-corrected chi connectivity index (χ1v) is 7.90. The maximum Gasteiger partial charge on any atom is 0.416 e. The zero-order chi connectivity index (χ0) is 19.3. The summed E-state index contributed by atoms with van der Waals surface area (Å²) < 4.78 is 14.6. The summed E-state index contributed by atoms with van der Waals surface area (Å²) in [6.45, 7) is 4.94. The Hall–Kier alpha value is -3.10. The molecule has 9 heteroatoms. The lowest BCUT2D eigenvalue weighted by atomic mass is 10.2. The van der Waals surface area contributed by atoms with E-state index < -0.39 is 36.3 Å². The van der Waals surface area contributed by atoms with E-state index in [0.29, 0.717) is 5.69 Å². The van der Waals surface area contributed by atoms with Crippen LogP contribution in [0.1, 0.15) is 31.1 Å². The Balaban J connectivity index is 1.85. The van der Waals surface area contributed by atoms with Gasteiger partial charge < -0.3 is 14.2 Å². The third-order valence-corrected chi connectivity index (χ3v) is 3.15. The van der Waals surface area contributed by atoms with Crippen LogP contribution >= 0.6 is 0 Å². The summed E-state index contributed by atoms with van der Waals surface area (Å²) in [5.41, 5.74) is 0.00510. The van der Waals surface area contributed by atoms with E-state index in [9.17, 15) is 19.2 Å². The van der Waals surface area contributed by atoms with Gasteiger partial charge in [0.25, 0.3) is 5.91 Å². The predicted molar refractivity (Wildman–Crippen MR) is 89.6 cm³/mol. The van der Waals surface area contributed by atoms with Gasteiger partial charge in [0.2, 0.25) is 0 Å². The zero-order valence-corrected chi connectivity index (χ0v) is 14.7. The van der Waals surface area contributed by atoms with E-state index >= 15 is 0 Å². The number of nitrogens with one attached hydrogen (secondary N) is 1. The van der Waals surface area contributed by atoms with Crippen LogP contribution in [0.25, 0.3) is 0 Å². The smallest absolute Gasteiger partial charge is 0.416 e. The lowest BCUT2D eigenvalue weighted by Gasteiger charge is -2.19. The molecule has 0 aromatic heterocycles. The number of imide groups is 1. The lowest BCUT2D eigenvalue weighted by Crippen LogP contribution is -2.35. The number of esters is 1. The lowest BCUT2D eigenvalue weighted by molar-refractivity contribution is -0.131. The Morgan fingerprint density at radius 2 is 1.85 bits per heavy atom. The molecule has 0 aliphatic carbocycles. The number of benzene rings is 1. The monoisotopic (exact) mass is 364 g/mol. The van der Waals surface area contributed by atoms with Crippen molar-refractivity contribution in [2.75, 3.05) is 25.1 Å². The number of cyclic esters (lactones) is 1. The third-order valence-electron chi connectivity index (χ3n) is 3.15. The molecule has 3 amide bonds. The van der Waals surface area contributed by atoms with Crippen LogP contribution < -0.4 is 5.32 Å². The molecule has 1 aromatic carbocycles. The summed E-state index contributed by atoms with van der Waals surface area (Å²) in [7, 11) is 0. The van der Waals surface area contributed by atoms with Crippen molar-refractivity contribution in [3.05, 3.63) is 29.8 Å². The van der Waals surface area contributed by atoms with Gasteiger partial charge in [-0.15, -0.1) is 0 Å². The van der Waals surface area contributed by atoms with Gasteiger partial charge in [-0.1, -0.05) is 0 Å². The van der Waals surface area contributed by atoms with E-state index in [1.54, 1.807) is 20.8 Å². The average Bonchev–Trinajstić information content (AvgIpc) is 2.97. The highest BCUT2D eigenvalue weighted by Crippen LogP contribution is 2.14. The van der Waals surface area contributed by atoms with Gasteiger partial charge in [0.15, 0.2) is 6.61 Å². The highest BCUT2D eigenvalue weighted by Gasteiger charge is 2.29. The fourth-order valence-electron chi connectivity index (χ4n) is 2.02. The van der Waals surface area contributed by atoms with E-state index in [2.05, 4.69) is 10.1 Å². The Labute approximate surface area is 150 Å². The van der Waals surface area contributed by atoms with Gasteiger partial charge in [0.1, 0.15) is 12.2 Å². The van der Waals surface area contributed by atoms with Crippen molar-refractivity contribution in [1.82, 2.24) is 4.90 Å². The first kappa shape index (κ1) is 19.2. The maximum atomic E-state index is 11.9. The molecular weight excluding hydrogens is 344 g/mol. The molecule has 26 heavy (non-hydrogen) atoms. The summed E-state index contributed by atoms with van der Waals surface area (Å²) in [6, 6.07) is 5.87. The molecule has 2 rings (SSSR count). The van der Waals surface area contributed by atoms with Crippen LogP contribution in [-0.2, 0) is 19.0 Å². The highest BCUT2D eigenvalue weighted by atomic mass is 16.6. The largest absolute Gasteiger partial charge is 0.452 e. The Bertz CT molecular complexity index is 707. The molecule has 1 aromatic rings. The molecule has 1 fully saturated rings. The van der Waals surface area contributed by atoms with Crippen LogP contribution in [0, 0.1) is 0 Å². The van der Waals surface area contributed by atoms with Gasteiger partial charge in [-0.3, -0.25) is 10.1 Å². The number of ether oxygens (including phenoxy) is 3. The highest BCUT2D eigenvalue weighted by molar-refractivity contribution is 5.96. The number of carbonyl (C=O) groups excluding carboxylic acids is 4. The van der Waals surface area contributed by atoms with Crippen LogP contribution in [0.15, 0.2) is 24.3 Å². The molecule has 0 atom stereocenters. The number of amides is 3. The van der Waals surface area contributed by atoms with Crippen molar-refractivity contribution in [1.29, 1.82) is 0 Å². The minimum absolute atomic E-state index is 0.130. The van der Waals surface area contributed by atoms with Crippen LogP contribution in [0.4, 0.5) is 15.3 Å². The summed E-state index contributed by atoms with van der Waals surface area (Å²) in [6.07, 6.45) is -1.36. The minimum Gasteiger partial charge on any atom is -0.452 e. The molecule has 1 heterocycles. The summed E-state index contributed by atoms with van der Waals surface area (Å²) in [4.78, 5) is 47.5. The van der Waals surface area contributed by atoms with E-state index in [-0.39, 0.29) is 18.7 Å². The van der Waals surface area contributed by atoms with Crippen LogP contribution in [0.2, 0.25) is 0 Å². The molecule has 0 bridgehead atoms. The first-order valence-electron chi connectivity index (χ1n) is 7.90. The number of hydrogen-bond acceptors (Lipinski definition) is 7. The molecule has 1 saturated heterocycles. The fraction of sp³-hybridized carbons (Fsp3) is 0.412. The molecule has 0 spiro atoms. The molecule has 1 N–H and O–H groups in total. The molecule has 0 unspecified atom stereocenters. The number of hydrogen-bond donors (Lipinski definition) is 1. The predicted octanol–water partition coefficient (Wildman–Crippen LogP) is 2.17. The third kappa shape index (κ3) is 5.47. The molecule has 1 aliphatic heterocycles. The Kier molecular flexibility index (Phi) is 5.81. The molecular formula is C17H20N2O7. The van der Waals surface area contributed by atoms with Gasteiger partial charge in [-0.2, -0.15) is 0 Å².